The molecule has 1 aliphatic heterocycles. The molecule has 1 amide bonds. The first-order valence-corrected chi connectivity index (χ1v) is 6.09. The average molecular weight is 250 g/mol. The quantitative estimate of drug-likeness (QED) is 0.859. The molecule has 1 fully saturated rings. The Morgan fingerprint density at radius 2 is 2.06 bits per heavy atom. The van der Waals surface area contributed by atoms with E-state index in [-0.39, 0.29) is 6.04 Å². The first kappa shape index (κ1) is 12.7. The van der Waals surface area contributed by atoms with Gasteiger partial charge in [0.2, 0.25) is 0 Å². The van der Waals surface area contributed by atoms with Crippen molar-refractivity contribution in [3.8, 4) is 0 Å². The van der Waals surface area contributed by atoms with Gasteiger partial charge in [-0.2, -0.15) is 0 Å². The third-order valence-corrected chi connectivity index (χ3v) is 3.10. The number of anilines is 1. The van der Waals surface area contributed by atoms with Gasteiger partial charge in [0.15, 0.2) is 0 Å². The highest BCUT2D eigenvalue weighted by Gasteiger charge is 2.18. The van der Waals surface area contributed by atoms with Gasteiger partial charge in [-0.25, -0.2) is 4.79 Å². The largest absolute Gasteiger partial charge is 0.465 e. The van der Waals surface area contributed by atoms with Gasteiger partial charge in [0.05, 0.1) is 19.3 Å². The third-order valence-electron chi connectivity index (χ3n) is 3.10. The molecule has 18 heavy (non-hydrogen) atoms. The maximum Gasteiger partial charge on any atom is 0.405 e. The number of benzene rings is 1. The van der Waals surface area contributed by atoms with Crippen LogP contribution in [0.4, 0.5) is 10.5 Å². The monoisotopic (exact) mass is 250 g/mol. The molecular formula is C13H18N2O3. The van der Waals surface area contributed by atoms with E-state index in [0.29, 0.717) is 0 Å². The lowest BCUT2D eigenvalue weighted by atomic mass is 10.0. The number of hydrogen-bond acceptors (Lipinski definition) is 3. The molecule has 1 atom stereocenters. The minimum atomic E-state index is -1.00. The highest BCUT2D eigenvalue weighted by atomic mass is 16.5. The zero-order valence-corrected chi connectivity index (χ0v) is 10.4. The second-order valence-electron chi connectivity index (χ2n) is 4.33. The van der Waals surface area contributed by atoms with E-state index < -0.39 is 6.09 Å². The fourth-order valence-electron chi connectivity index (χ4n) is 2.21. The second-order valence-corrected chi connectivity index (χ2v) is 4.33. The van der Waals surface area contributed by atoms with E-state index in [4.69, 9.17) is 9.84 Å². The third kappa shape index (κ3) is 2.92. The van der Waals surface area contributed by atoms with Crippen LogP contribution in [0.2, 0.25) is 0 Å². The molecule has 1 aromatic rings. The molecule has 0 spiro atoms. The van der Waals surface area contributed by atoms with Crippen molar-refractivity contribution in [1.82, 2.24) is 5.32 Å². The molecule has 0 aromatic heterocycles. The maximum atomic E-state index is 10.7. The molecule has 1 aliphatic rings. The van der Waals surface area contributed by atoms with Crippen LogP contribution >= 0.6 is 0 Å². The van der Waals surface area contributed by atoms with Crippen LogP contribution in [0.1, 0.15) is 18.5 Å². The van der Waals surface area contributed by atoms with Gasteiger partial charge in [0.25, 0.3) is 0 Å². The molecule has 2 N–H and O–H groups in total. The Kier molecular flexibility index (Phi) is 4.04. The first-order chi connectivity index (χ1) is 8.68. The van der Waals surface area contributed by atoms with Crippen LogP contribution in [0.15, 0.2) is 24.3 Å². The molecule has 0 radical (unpaired) electrons. The lowest BCUT2D eigenvalue weighted by Gasteiger charge is -2.31. The number of carboxylic acid groups (broad SMARTS) is 1. The number of amides is 1. The minimum absolute atomic E-state index is 0.221. The second kappa shape index (κ2) is 5.73. The summed E-state index contributed by atoms with van der Waals surface area (Å²) < 4.78 is 5.33. The Labute approximate surface area is 106 Å². The van der Waals surface area contributed by atoms with Crippen LogP contribution < -0.4 is 10.2 Å². The highest BCUT2D eigenvalue weighted by molar-refractivity contribution is 5.66. The summed E-state index contributed by atoms with van der Waals surface area (Å²) in [6.07, 6.45) is -1.00. The summed E-state index contributed by atoms with van der Waals surface area (Å²) in [5.41, 5.74) is 2.09. The minimum Gasteiger partial charge on any atom is -0.465 e. The summed E-state index contributed by atoms with van der Waals surface area (Å²) in [7, 11) is 0. The lowest BCUT2D eigenvalue weighted by molar-refractivity contribution is 0.122. The van der Waals surface area contributed by atoms with Crippen LogP contribution in [0.25, 0.3) is 0 Å². The number of nitrogens with one attached hydrogen (secondary N) is 1. The van der Waals surface area contributed by atoms with E-state index in [1.54, 1.807) is 0 Å². The Hall–Kier alpha value is -1.75. The van der Waals surface area contributed by atoms with E-state index in [1.165, 1.54) is 0 Å². The van der Waals surface area contributed by atoms with Crippen LogP contribution in [-0.4, -0.2) is 37.5 Å². The van der Waals surface area contributed by atoms with Crippen molar-refractivity contribution >= 4 is 11.8 Å². The number of para-hydroxylation sites is 1. The zero-order valence-electron chi connectivity index (χ0n) is 10.4. The number of morpholine rings is 1. The van der Waals surface area contributed by atoms with Gasteiger partial charge in [0, 0.05) is 18.8 Å². The molecule has 0 saturated carbocycles. The molecule has 2 rings (SSSR count). The summed E-state index contributed by atoms with van der Waals surface area (Å²) >= 11 is 0. The Balaban J connectivity index is 2.21. The number of rotatable bonds is 3. The molecule has 1 heterocycles. The van der Waals surface area contributed by atoms with Crippen molar-refractivity contribution in [3.63, 3.8) is 0 Å². The SMILES string of the molecule is C[C@H](NC(=O)O)c1ccccc1N1CCOCC1. The molecule has 0 bridgehead atoms. The lowest BCUT2D eigenvalue weighted by Crippen LogP contribution is -2.37. The summed E-state index contributed by atoms with van der Waals surface area (Å²) in [4.78, 5) is 13.0. The van der Waals surface area contributed by atoms with E-state index in [1.807, 2.05) is 31.2 Å². The molecule has 5 heteroatoms. The number of hydrogen-bond donors (Lipinski definition) is 2. The summed E-state index contributed by atoms with van der Waals surface area (Å²) in [6.45, 7) is 4.98. The van der Waals surface area contributed by atoms with Gasteiger partial charge in [0.1, 0.15) is 0 Å². The van der Waals surface area contributed by atoms with E-state index in [9.17, 15) is 4.79 Å². The van der Waals surface area contributed by atoms with Gasteiger partial charge in [-0.05, 0) is 18.6 Å². The predicted molar refractivity (Wildman–Crippen MR) is 69.0 cm³/mol. The van der Waals surface area contributed by atoms with Crippen LogP contribution in [0, 0.1) is 0 Å². The van der Waals surface area contributed by atoms with Gasteiger partial charge >= 0.3 is 6.09 Å². The predicted octanol–water partition coefficient (Wildman–Crippen LogP) is 1.85. The van der Waals surface area contributed by atoms with Crippen molar-refractivity contribution in [2.45, 2.75) is 13.0 Å². The van der Waals surface area contributed by atoms with Gasteiger partial charge in [-0.1, -0.05) is 18.2 Å². The van der Waals surface area contributed by atoms with E-state index in [2.05, 4.69) is 10.2 Å². The standard InChI is InChI=1S/C13H18N2O3/c1-10(14-13(16)17)11-4-2-3-5-12(11)15-6-8-18-9-7-15/h2-5,10,14H,6-9H2,1H3,(H,16,17)/t10-/m0/s1. The van der Waals surface area contributed by atoms with Crippen molar-refractivity contribution in [1.29, 1.82) is 0 Å². The topological polar surface area (TPSA) is 61.8 Å². The van der Waals surface area contributed by atoms with Crippen LogP contribution in [0.5, 0.6) is 0 Å². The number of carbonyl (C=O) groups is 1. The van der Waals surface area contributed by atoms with Gasteiger partial charge < -0.3 is 20.1 Å². The zero-order chi connectivity index (χ0) is 13.0. The van der Waals surface area contributed by atoms with Crippen LogP contribution in [-0.2, 0) is 4.74 Å². The number of ether oxygens (including phenoxy) is 1. The Morgan fingerprint density at radius 3 is 2.72 bits per heavy atom. The van der Waals surface area contributed by atoms with Gasteiger partial charge in [-0.15, -0.1) is 0 Å². The maximum absolute atomic E-state index is 10.7. The Bertz CT molecular complexity index is 416. The molecule has 98 valence electrons. The van der Waals surface area contributed by atoms with E-state index >= 15 is 0 Å². The van der Waals surface area contributed by atoms with Crippen molar-refractivity contribution in [2.75, 3.05) is 31.2 Å². The molecule has 0 unspecified atom stereocenters. The summed E-state index contributed by atoms with van der Waals surface area (Å²) in [6, 6.07) is 7.68. The smallest absolute Gasteiger partial charge is 0.405 e. The highest BCUT2D eigenvalue weighted by Crippen LogP contribution is 2.26. The normalized spacial score (nSPS) is 17.3. The summed E-state index contributed by atoms with van der Waals surface area (Å²) in [5.74, 6) is 0. The number of nitrogens with zero attached hydrogens (tertiary/aromatic N) is 1. The van der Waals surface area contributed by atoms with Crippen LogP contribution in [0.3, 0.4) is 0 Å². The molecule has 1 saturated heterocycles. The average Bonchev–Trinajstić information content (AvgIpc) is 2.39. The fraction of sp³-hybridized carbons (Fsp3) is 0.462. The molecule has 5 nitrogen and oxygen atoms in total. The first-order valence-electron chi connectivity index (χ1n) is 6.09. The molecule has 1 aromatic carbocycles. The summed E-state index contributed by atoms with van der Waals surface area (Å²) in [5, 5.41) is 11.3. The molecule has 0 aliphatic carbocycles. The Morgan fingerprint density at radius 1 is 1.39 bits per heavy atom. The van der Waals surface area contributed by atoms with Gasteiger partial charge in [-0.3, -0.25) is 0 Å². The van der Waals surface area contributed by atoms with E-state index in [0.717, 1.165) is 37.6 Å². The van der Waals surface area contributed by atoms with Crippen molar-refractivity contribution < 1.29 is 14.6 Å². The van der Waals surface area contributed by atoms with Crippen molar-refractivity contribution in [3.05, 3.63) is 29.8 Å². The fourth-order valence-corrected chi connectivity index (χ4v) is 2.21. The van der Waals surface area contributed by atoms with Crippen molar-refractivity contribution in [2.24, 2.45) is 0 Å². The molecular weight excluding hydrogens is 232 g/mol.